The van der Waals surface area contributed by atoms with Crippen LogP contribution in [0.15, 0.2) is 24.3 Å². The van der Waals surface area contributed by atoms with E-state index in [2.05, 4.69) is 4.74 Å². The van der Waals surface area contributed by atoms with Crippen LogP contribution in [-0.4, -0.2) is 18.2 Å². The largest absolute Gasteiger partial charge is 0.508 e. The van der Waals surface area contributed by atoms with Crippen LogP contribution in [0.1, 0.15) is 18.0 Å². The number of esters is 1. The lowest BCUT2D eigenvalue weighted by Crippen LogP contribution is -2.16. The first-order valence-electron chi connectivity index (χ1n) is 4.25. The third-order valence-corrected chi connectivity index (χ3v) is 1.94. The minimum Gasteiger partial charge on any atom is -0.508 e. The maximum Gasteiger partial charge on any atom is 0.307 e. The van der Waals surface area contributed by atoms with Gasteiger partial charge >= 0.3 is 5.97 Å². The number of carbonyl (C=O) groups is 1. The van der Waals surface area contributed by atoms with Crippen molar-refractivity contribution < 1.29 is 14.6 Å². The number of carbonyl (C=O) groups excluding carboxylic acids is 1. The first kappa shape index (κ1) is 13.7. The Kier molecular flexibility index (Phi) is 5.74. The van der Waals surface area contributed by atoms with Crippen molar-refractivity contribution in [3.8, 4) is 5.75 Å². The van der Waals surface area contributed by atoms with Crippen molar-refractivity contribution in [3.05, 3.63) is 29.8 Å². The molecule has 0 spiro atoms. The average Bonchev–Trinajstić information content (AvgIpc) is 2.18. The maximum atomic E-state index is 10.9. The van der Waals surface area contributed by atoms with E-state index in [1.807, 2.05) is 0 Å². The van der Waals surface area contributed by atoms with Gasteiger partial charge in [0, 0.05) is 6.04 Å². The molecule has 0 radical (unpaired) electrons. The standard InChI is InChI=1S/C10H13NO3.ClH/c1-14-10(13)6-9(11)7-2-4-8(12)5-3-7;/h2-5,9,12H,6,11H2,1H3;1H. The van der Waals surface area contributed by atoms with Crippen LogP contribution < -0.4 is 5.73 Å². The zero-order valence-electron chi connectivity index (χ0n) is 8.34. The van der Waals surface area contributed by atoms with Gasteiger partial charge in [0.25, 0.3) is 0 Å². The molecule has 1 aromatic rings. The van der Waals surface area contributed by atoms with Crippen LogP contribution in [0.2, 0.25) is 0 Å². The van der Waals surface area contributed by atoms with Crippen LogP contribution in [-0.2, 0) is 9.53 Å². The van der Waals surface area contributed by atoms with Crippen LogP contribution in [0, 0.1) is 0 Å². The lowest BCUT2D eigenvalue weighted by molar-refractivity contribution is -0.141. The average molecular weight is 232 g/mol. The van der Waals surface area contributed by atoms with Gasteiger partial charge in [0.05, 0.1) is 13.5 Å². The van der Waals surface area contributed by atoms with Crippen LogP contribution in [0.5, 0.6) is 5.75 Å². The van der Waals surface area contributed by atoms with Gasteiger partial charge in [-0.15, -0.1) is 12.4 Å². The fraction of sp³-hybridized carbons (Fsp3) is 0.300. The Bertz CT molecular complexity index is 313. The number of methoxy groups -OCH3 is 1. The molecule has 0 heterocycles. The van der Waals surface area contributed by atoms with E-state index in [0.717, 1.165) is 5.56 Å². The quantitative estimate of drug-likeness (QED) is 0.771. The summed E-state index contributed by atoms with van der Waals surface area (Å²) in [6.07, 6.45) is 0.140. The highest BCUT2D eigenvalue weighted by atomic mass is 35.5. The van der Waals surface area contributed by atoms with E-state index in [4.69, 9.17) is 10.8 Å². The molecule has 15 heavy (non-hydrogen) atoms. The molecule has 0 aliphatic rings. The highest BCUT2D eigenvalue weighted by Gasteiger charge is 2.11. The lowest BCUT2D eigenvalue weighted by atomic mass is 10.1. The number of phenols is 1. The molecule has 0 aliphatic heterocycles. The molecule has 0 bridgehead atoms. The van der Waals surface area contributed by atoms with Crippen molar-refractivity contribution in [2.24, 2.45) is 5.73 Å². The minimum absolute atomic E-state index is 0. The van der Waals surface area contributed by atoms with Crippen molar-refractivity contribution >= 4 is 18.4 Å². The second-order valence-corrected chi connectivity index (χ2v) is 2.98. The zero-order valence-corrected chi connectivity index (χ0v) is 9.16. The van der Waals surface area contributed by atoms with Crippen molar-refractivity contribution in [3.63, 3.8) is 0 Å². The molecule has 3 N–H and O–H groups in total. The Balaban J connectivity index is 0.00000196. The first-order chi connectivity index (χ1) is 6.63. The van der Waals surface area contributed by atoms with Gasteiger partial charge in [0.15, 0.2) is 0 Å². The number of rotatable bonds is 3. The van der Waals surface area contributed by atoms with Gasteiger partial charge in [0.1, 0.15) is 5.75 Å². The van der Waals surface area contributed by atoms with Crippen molar-refractivity contribution in [2.45, 2.75) is 12.5 Å². The Hall–Kier alpha value is -1.26. The number of nitrogens with two attached hydrogens (primary N) is 1. The van der Waals surface area contributed by atoms with Gasteiger partial charge in [-0.05, 0) is 17.7 Å². The number of ether oxygens (including phenoxy) is 1. The minimum atomic E-state index is -0.386. The van der Waals surface area contributed by atoms with E-state index in [0.29, 0.717) is 0 Å². The Morgan fingerprint density at radius 1 is 1.47 bits per heavy atom. The number of hydrogen-bond acceptors (Lipinski definition) is 4. The van der Waals surface area contributed by atoms with Crippen molar-refractivity contribution in [2.75, 3.05) is 7.11 Å². The molecule has 0 aromatic heterocycles. The molecular weight excluding hydrogens is 218 g/mol. The predicted octanol–water partition coefficient (Wildman–Crippen LogP) is 1.38. The normalized spacial score (nSPS) is 11.3. The molecule has 5 heteroatoms. The third kappa shape index (κ3) is 4.18. The number of phenolic OH excluding ortho intramolecular Hbond substituents is 1. The molecule has 1 aromatic carbocycles. The highest BCUT2D eigenvalue weighted by molar-refractivity contribution is 5.85. The number of aromatic hydroxyl groups is 1. The molecule has 0 aliphatic carbocycles. The molecule has 1 unspecified atom stereocenters. The van der Waals surface area contributed by atoms with Gasteiger partial charge in [-0.25, -0.2) is 0 Å². The van der Waals surface area contributed by atoms with Gasteiger partial charge < -0.3 is 15.6 Å². The highest BCUT2D eigenvalue weighted by Crippen LogP contribution is 2.17. The van der Waals surface area contributed by atoms with Gasteiger partial charge in [-0.1, -0.05) is 12.1 Å². The predicted molar refractivity (Wildman–Crippen MR) is 58.9 cm³/mol. The number of hydrogen-bond donors (Lipinski definition) is 2. The summed E-state index contributed by atoms with van der Waals surface area (Å²) in [5, 5.41) is 9.03. The number of benzene rings is 1. The summed E-state index contributed by atoms with van der Waals surface area (Å²) in [7, 11) is 1.33. The van der Waals surface area contributed by atoms with Crippen molar-refractivity contribution in [1.29, 1.82) is 0 Å². The summed E-state index contributed by atoms with van der Waals surface area (Å²) in [5.41, 5.74) is 6.54. The molecular formula is C10H14ClNO3. The SMILES string of the molecule is COC(=O)CC(N)c1ccc(O)cc1.Cl. The summed E-state index contributed by atoms with van der Waals surface area (Å²) in [5.74, 6) is -0.162. The van der Waals surface area contributed by atoms with E-state index >= 15 is 0 Å². The number of halogens is 1. The molecule has 0 saturated carbocycles. The first-order valence-corrected chi connectivity index (χ1v) is 4.25. The fourth-order valence-corrected chi connectivity index (χ4v) is 1.10. The zero-order chi connectivity index (χ0) is 10.6. The second kappa shape index (κ2) is 6.27. The molecule has 4 nitrogen and oxygen atoms in total. The summed E-state index contributed by atoms with van der Waals surface area (Å²) in [6.45, 7) is 0. The smallest absolute Gasteiger partial charge is 0.307 e. The van der Waals surface area contributed by atoms with E-state index < -0.39 is 0 Å². The molecule has 1 atom stereocenters. The summed E-state index contributed by atoms with van der Waals surface area (Å²) in [6, 6.07) is 6.05. The summed E-state index contributed by atoms with van der Waals surface area (Å²) in [4.78, 5) is 10.9. The van der Waals surface area contributed by atoms with Crippen LogP contribution in [0.25, 0.3) is 0 Å². The molecule has 0 amide bonds. The summed E-state index contributed by atoms with van der Waals surface area (Å²) >= 11 is 0. The lowest BCUT2D eigenvalue weighted by Gasteiger charge is -2.10. The van der Waals surface area contributed by atoms with Gasteiger partial charge in [-0.3, -0.25) is 4.79 Å². The Morgan fingerprint density at radius 2 is 2.00 bits per heavy atom. The Morgan fingerprint density at radius 3 is 2.47 bits per heavy atom. The van der Waals surface area contributed by atoms with E-state index in [1.165, 1.54) is 19.2 Å². The van der Waals surface area contributed by atoms with Crippen LogP contribution in [0.4, 0.5) is 0 Å². The second-order valence-electron chi connectivity index (χ2n) is 2.98. The van der Waals surface area contributed by atoms with Gasteiger partial charge in [0.2, 0.25) is 0 Å². The van der Waals surface area contributed by atoms with E-state index in [-0.39, 0.29) is 36.6 Å². The summed E-state index contributed by atoms with van der Waals surface area (Å²) < 4.78 is 4.50. The van der Waals surface area contributed by atoms with Crippen molar-refractivity contribution in [1.82, 2.24) is 0 Å². The van der Waals surface area contributed by atoms with E-state index in [9.17, 15) is 4.79 Å². The Labute approximate surface area is 94.5 Å². The topological polar surface area (TPSA) is 72.5 Å². The maximum absolute atomic E-state index is 10.9. The van der Waals surface area contributed by atoms with E-state index in [1.54, 1.807) is 12.1 Å². The molecule has 0 fully saturated rings. The van der Waals surface area contributed by atoms with Crippen LogP contribution in [0.3, 0.4) is 0 Å². The molecule has 0 saturated heterocycles. The third-order valence-electron chi connectivity index (χ3n) is 1.94. The molecule has 84 valence electrons. The molecule has 1 rings (SSSR count). The fourth-order valence-electron chi connectivity index (χ4n) is 1.10. The van der Waals surface area contributed by atoms with Crippen LogP contribution >= 0.6 is 12.4 Å². The monoisotopic (exact) mass is 231 g/mol. The van der Waals surface area contributed by atoms with Gasteiger partial charge in [-0.2, -0.15) is 0 Å².